The summed E-state index contributed by atoms with van der Waals surface area (Å²) in [4.78, 5) is 27.5. The van der Waals surface area contributed by atoms with Gasteiger partial charge in [0.05, 0.1) is 10.0 Å². The van der Waals surface area contributed by atoms with Crippen LogP contribution in [0.5, 0.6) is 0 Å². The number of halogens is 2. The van der Waals surface area contributed by atoms with Gasteiger partial charge in [-0.15, -0.1) is 5.10 Å². The van der Waals surface area contributed by atoms with Crippen molar-refractivity contribution < 1.29 is 14.7 Å². The Balaban J connectivity index is 2.35. The molecule has 0 saturated carbocycles. The lowest BCUT2D eigenvalue weighted by molar-refractivity contribution is -0.140. The zero-order valence-electron chi connectivity index (χ0n) is 13.2. The minimum absolute atomic E-state index is 0.157. The van der Waals surface area contributed by atoms with Gasteiger partial charge in [-0.05, 0) is 25.0 Å². The number of carbonyl (C=O) groups excluding carboxylic acids is 1. The molecule has 2 aromatic rings. The third-order valence-corrected chi connectivity index (χ3v) is 3.95. The van der Waals surface area contributed by atoms with Gasteiger partial charge in [-0.1, -0.05) is 43.1 Å². The lowest BCUT2D eigenvalue weighted by Crippen LogP contribution is -2.44. The molecule has 1 aromatic carbocycles. The van der Waals surface area contributed by atoms with Crippen molar-refractivity contribution in [1.82, 2.24) is 20.1 Å². The standard InChI is InChI=1S/C15H16Cl2N4O3/c1-7(2)11(15(23)24)19-14(22)13-18-8(3)21(20-13)12-9(16)5-4-6-10(12)17/h4-7,11H,1-3H3,(H,19,22)(H,23,24). The second kappa shape index (κ2) is 7.19. The van der Waals surface area contributed by atoms with E-state index in [4.69, 9.17) is 28.3 Å². The quantitative estimate of drug-likeness (QED) is 0.842. The molecule has 0 spiro atoms. The number of aromatic nitrogens is 3. The van der Waals surface area contributed by atoms with Crippen LogP contribution in [-0.4, -0.2) is 37.8 Å². The third-order valence-electron chi connectivity index (χ3n) is 3.34. The van der Waals surface area contributed by atoms with E-state index < -0.39 is 17.9 Å². The van der Waals surface area contributed by atoms with E-state index in [1.54, 1.807) is 39.0 Å². The van der Waals surface area contributed by atoms with E-state index in [9.17, 15) is 9.59 Å². The molecule has 24 heavy (non-hydrogen) atoms. The van der Waals surface area contributed by atoms with E-state index in [0.29, 0.717) is 21.6 Å². The average Bonchev–Trinajstić information content (AvgIpc) is 2.85. The Morgan fingerprint density at radius 2 is 1.83 bits per heavy atom. The van der Waals surface area contributed by atoms with Crippen molar-refractivity contribution in [1.29, 1.82) is 0 Å². The van der Waals surface area contributed by atoms with Crippen LogP contribution in [0, 0.1) is 12.8 Å². The second-order valence-electron chi connectivity index (χ2n) is 5.50. The maximum absolute atomic E-state index is 12.3. The van der Waals surface area contributed by atoms with E-state index in [0.717, 1.165) is 0 Å². The topological polar surface area (TPSA) is 97.1 Å². The highest BCUT2D eigenvalue weighted by atomic mass is 35.5. The number of carbonyl (C=O) groups is 2. The molecule has 0 radical (unpaired) electrons. The Labute approximate surface area is 148 Å². The number of amides is 1. The van der Waals surface area contributed by atoms with Gasteiger partial charge >= 0.3 is 5.97 Å². The maximum Gasteiger partial charge on any atom is 0.326 e. The summed E-state index contributed by atoms with van der Waals surface area (Å²) < 4.78 is 1.35. The van der Waals surface area contributed by atoms with Gasteiger partial charge in [-0.25, -0.2) is 14.5 Å². The van der Waals surface area contributed by atoms with Gasteiger partial charge in [0.1, 0.15) is 17.6 Å². The molecule has 0 saturated heterocycles. The summed E-state index contributed by atoms with van der Waals surface area (Å²) in [5, 5.41) is 16.4. The van der Waals surface area contributed by atoms with Gasteiger partial charge in [-0.2, -0.15) is 0 Å². The van der Waals surface area contributed by atoms with Crippen LogP contribution in [0.25, 0.3) is 5.69 Å². The monoisotopic (exact) mass is 370 g/mol. The Morgan fingerprint density at radius 3 is 2.33 bits per heavy atom. The van der Waals surface area contributed by atoms with Crippen LogP contribution in [0.2, 0.25) is 10.0 Å². The molecule has 0 bridgehead atoms. The van der Waals surface area contributed by atoms with Crippen molar-refractivity contribution in [2.75, 3.05) is 0 Å². The van der Waals surface area contributed by atoms with Crippen LogP contribution in [0.3, 0.4) is 0 Å². The molecule has 2 N–H and O–H groups in total. The molecule has 1 unspecified atom stereocenters. The predicted octanol–water partition coefficient (Wildman–Crippen LogP) is 2.72. The summed E-state index contributed by atoms with van der Waals surface area (Å²) in [7, 11) is 0. The second-order valence-corrected chi connectivity index (χ2v) is 6.31. The lowest BCUT2D eigenvalue weighted by Gasteiger charge is -2.16. The molecule has 0 aliphatic rings. The van der Waals surface area contributed by atoms with Crippen molar-refractivity contribution in [3.8, 4) is 5.69 Å². The Bertz CT molecular complexity index is 769. The van der Waals surface area contributed by atoms with Crippen LogP contribution >= 0.6 is 23.2 Å². The first-order valence-corrected chi connectivity index (χ1v) is 7.89. The molecular formula is C15H16Cl2N4O3. The molecule has 128 valence electrons. The SMILES string of the molecule is Cc1nc(C(=O)NC(C(=O)O)C(C)C)nn1-c1c(Cl)cccc1Cl. The van der Waals surface area contributed by atoms with Gasteiger partial charge < -0.3 is 10.4 Å². The van der Waals surface area contributed by atoms with Gasteiger partial charge in [-0.3, -0.25) is 4.79 Å². The molecule has 1 aromatic heterocycles. The molecule has 0 aliphatic carbocycles. The number of aryl methyl sites for hydroxylation is 1. The van der Waals surface area contributed by atoms with Gasteiger partial charge in [0, 0.05) is 0 Å². The molecule has 1 atom stereocenters. The number of carboxylic acid groups (broad SMARTS) is 1. The summed E-state index contributed by atoms with van der Waals surface area (Å²) in [6.45, 7) is 5.03. The Hall–Kier alpha value is -2.12. The molecule has 1 amide bonds. The number of nitrogens with one attached hydrogen (secondary N) is 1. The van der Waals surface area contributed by atoms with Gasteiger partial charge in [0.25, 0.3) is 5.91 Å². The van der Waals surface area contributed by atoms with E-state index in [1.165, 1.54) is 4.68 Å². The maximum atomic E-state index is 12.3. The number of carboxylic acids is 1. The highest BCUT2D eigenvalue weighted by Crippen LogP contribution is 2.28. The minimum Gasteiger partial charge on any atom is -0.480 e. The predicted molar refractivity (Wildman–Crippen MR) is 89.8 cm³/mol. The van der Waals surface area contributed by atoms with Gasteiger partial charge in [0.2, 0.25) is 5.82 Å². The molecule has 7 nitrogen and oxygen atoms in total. The summed E-state index contributed by atoms with van der Waals surface area (Å²) >= 11 is 12.3. The smallest absolute Gasteiger partial charge is 0.326 e. The normalized spacial score (nSPS) is 12.2. The number of para-hydroxylation sites is 1. The fourth-order valence-electron chi connectivity index (χ4n) is 2.11. The molecule has 0 aliphatic heterocycles. The van der Waals surface area contributed by atoms with Crippen LogP contribution < -0.4 is 5.32 Å². The van der Waals surface area contributed by atoms with Crippen LogP contribution in [0.4, 0.5) is 0 Å². The van der Waals surface area contributed by atoms with Crippen molar-refractivity contribution in [3.63, 3.8) is 0 Å². The Morgan fingerprint density at radius 1 is 1.25 bits per heavy atom. The lowest BCUT2D eigenvalue weighted by atomic mass is 10.1. The number of aliphatic carboxylic acids is 1. The van der Waals surface area contributed by atoms with E-state index in [1.807, 2.05) is 0 Å². The highest BCUT2D eigenvalue weighted by molar-refractivity contribution is 6.37. The van der Waals surface area contributed by atoms with E-state index in [2.05, 4.69) is 15.4 Å². The van der Waals surface area contributed by atoms with Crippen LogP contribution in [-0.2, 0) is 4.79 Å². The van der Waals surface area contributed by atoms with Crippen molar-refractivity contribution in [2.24, 2.45) is 5.92 Å². The average molecular weight is 371 g/mol. The molecule has 9 heteroatoms. The fourth-order valence-corrected chi connectivity index (χ4v) is 2.67. The number of nitrogens with zero attached hydrogens (tertiary/aromatic N) is 3. The van der Waals surface area contributed by atoms with Gasteiger partial charge in [0.15, 0.2) is 0 Å². The first-order chi connectivity index (χ1) is 11.2. The third kappa shape index (κ3) is 3.68. The molecule has 2 rings (SSSR count). The first-order valence-electron chi connectivity index (χ1n) is 7.14. The van der Waals surface area contributed by atoms with Crippen molar-refractivity contribution in [2.45, 2.75) is 26.8 Å². The minimum atomic E-state index is -1.12. The number of benzene rings is 1. The zero-order chi connectivity index (χ0) is 18.0. The van der Waals surface area contributed by atoms with Crippen molar-refractivity contribution in [3.05, 3.63) is 39.9 Å². The molecule has 1 heterocycles. The fraction of sp³-hybridized carbons (Fsp3) is 0.333. The van der Waals surface area contributed by atoms with Crippen LogP contribution in [0.15, 0.2) is 18.2 Å². The molecular weight excluding hydrogens is 355 g/mol. The summed E-state index contributed by atoms with van der Waals surface area (Å²) in [5.41, 5.74) is 0.406. The zero-order valence-corrected chi connectivity index (χ0v) is 14.8. The van der Waals surface area contributed by atoms with Crippen molar-refractivity contribution >= 4 is 35.1 Å². The molecule has 0 fully saturated rings. The number of hydrogen-bond donors (Lipinski definition) is 2. The highest BCUT2D eigenvalue weighted by Gasteiger charge is 2.26. The summed E-state index contributed by atoms with van der Waals surface area (Å²) in [6, 6.07) is 3.94. The van der Waals surface area contributed by atoms with E-state index in [-0.39, 0.29) is 11.7 Å². The van der Waals surface area contributed by atoms with Crippen LogP contribution in [0.1, 0.15) is 30.3 Å². The van der Waals surface area contributed by atoms with E-state index >= 15 is 0 Å². The number of hydrogen-bond acceptors (Lipinski definition) is 4. The summed E-state index contributed by atoms with van der Waals surface area (Å²) in [5.74, 6) is -1.85. The largest absolute Gasteiger partial charge is 0.480 e. The summed E-state index contributed by atoms with van der Waals surface area (Å²) in [6.07, 6.45) is 0. The number of rotatable bonds is 5. The Kier molecular flexibility index (Phi) is 5.46. The first kappa shape index (κ1) is 18.2.